The molecule has 1 aromatic heterocycles. The van der Waals surface area contributed by atoms with Gasteiger partial charge in [0.05, 0.1) is 12.4 Å². The summed E-state index contributed by atoms with van der Waals surface area (Å²) in [5.41, 5.74) is 6.85. The van der Waals surface area contributed by atoms with E-state index in [9.17, 15) is 13.2 Å². The minimum atomic E-state index is -3.33. The molecule has 2 aliphatic heterocycles. The number of aromatic nitrogens is 3. The number of benzene rings is 1. The SMILES string of the molecule is CNS(=O)(=O)CCCC(=O)[C@H]1CN(C2CCN(c3n[nH]c(N)n3)CC2)[C@@H](Cc2ccc(Cl)cc2)CO1. The highest BCUT2D eigenvalue weighted by atomic mass is 35.5. The van der Waals surface area contributed by atoms with Gasteiger partial charge >= 0.3 is 0 Å². The summed E-state index contributed by atoms with van der Waals surface area (Å²) in [6.45, 7) is 2.50. The summed E-state index contributed by atoms with van der Waals surface area (Å²) in [7, 11) is -1.96. The summed E-state index contributed by atoms with van der Waals surface area (Å²) in [5, 5.41) is 7.55. The van der Waals surface area contributed by atoms with E-state index < -0.39 is 16.1 Å². The number of hydrogen-bond donors (Lipinski definition) is 3. The van der Waals surface area contributed by atoms with Crippen LogP contribution in [-0.2, 0) is 26.0 Å². The number of nitrogens with two attached hydrogens (primary N) is 1. The van der Waals surface area contributed by atoms with Gasteiger partial charge in [-0.25, -0.2) is 18.2 Å². The molecule has 0 aliphatic carbocycles. The Morgan fingerprint density at radius 3 is 2.64 bits per heavy atom. The van der Waals surface area contributed by atoms with Gasteiger partial charge in [-0.15, -0.1) is 5.10 Å². The minimum absolute atomic E-state index is 0.0510. The Balaban J connectivity index is 1.41. The third-order valence-electron chi connectivity index (χ3n) is 6.93. The maximum atomic E-state index is 12.9. The van der Waals surface area contributed by atoms with Gasteiger partial charge in [0.15, 0.2) is 5.78 Å². The van der Waals surface area contributed by atoms with Gasteiger partial charge in [-0.2, -0.15) is 4.98 Å². The molecule has 0 unspecified atom stereocenters. The van der Waals surface area contributed by atoms with E-state index in [4.69, 9.17) is 22.1 Å². The van der Waals surface area contributed by atoms with Crippen LogP contribution in [0.1, 0.15) is 31.2 Å². The number of rotatable bonds is 10. The van der Waals surface area contributed by atoms with E-state index in [0.717, 1.165) is 37.9 Å². The lowest BCUT2D eigenvalue weighted by molar-refractivity contribution is -0.142. The number of aromatic amines is 1. The summed E-state index contributed by atoms with van der Waals surface area (Å²) in [6, 6.07) is 8.22. The van der Waals surface area contributed by atoms with Crippen molar-refractivity contribution >= 4 is 39.3 Å². The van der Waals surface area contributed by atoms with Crippen molar-refractivity contribution in [1.29, 1.82) is 0 Å². The normalized spacial score (nSPS) is 22.1. The summed E-state index contributed by atoms with van der Waals surface area (Å²) < 4.78 is 31.7. The van der Waals surface area contributed by atoms with Crippen LogP contribution >= 0.6 is 11.6 Å². The van der Waals surface area contributed by atoms with Crippen molar-refractivity contribution in [2.75, 3.05) is 49.7 Å². The number of nitrogens with one attached hydrogen (secondary N) is 2. The Kier molecular flexibility index (Phi) is 8.83. The van der Waals surface area contributed by atoms with Gasteiger partial charge in [0.1, 0.15) is 6.10 Å². The van der Waals surface area contributed by atoms with Gasteiger partial charge in [-0.3, -0.25) is 9.69 Å². The minimum Gasteiger partial charge on any atom is -0.368 e. The number of H-pyrrole nitrogens is 1. The van der Waals surface area contributed by atoms with Crippen molar-refractivity contribution in [2.45, 2.75) is 50.3 Å². The summed E-state index contributed by atoms with van der Waals surface area (Å²) >= 11 is 6.06. The molecular weight excluding hydrogens is 506 g/mol. The first kappa shape index (κ1) is 26.8. The molecule has 0 amide bonds. The third kappa shape index (κ3) is 6.94. The molecular formula is C23H34ClN7O4S. The fraction of sp³-hybridized carbons (Fsp3) is 0.609. The second kappa shape index (κ2) is 11.9. The number of nitrogens with zero attached hydrogens (tertiary/aromatic N) is 4. The van der Waals surface area contributed by atoms with E-state index in [0.29, 0.717) is 30.1 Å². The third-order valence-corrected chi connectivity index (χ3v) is 8.63. The number of carbonyl (C=O) groups is 1. The molecule has 0 radical (unpaired) electrons. The van der Waals surface area contributed by atoms with E-state index in [2.05, 4.69) is 29.7 Å². The number of ketones is 1. The molecule has 2 fully saturated rings. The van der Waals surface area contributed by atoms with Crippen LogP contribution in [-0.4, -0.2) is 91.5 Å². The predicted octanol–water partition coefficient (Wildman–Crippen LogP) is 1.22. The van der Waals surface area contributed by atoms with Crippen molar-refractivity contribution < 1.29 is 17.9 Å². The maximum absolute atomic E-state index is 12.9. The number of nitrogen functional groups attached to an aromatic ring is 1. The number of halogens is 1. The molecule has 36 heavy (non-hydrogen) atoms. The molecule has 13 heteroatoms. The lowest BCUT2D eigenvalue weighted by atomic mass is 9.95. The molecule has 2 atom stereocenters. The maximum Gasteiger partial charge on any atom is 0.246 e. The van der Waals surface area contributed by atoms with Crippen molar-refractivity contribution in [3.05, 3.63) is 34.9 Å². The first-order chi connectivity index (χ1) is 17.2. The zero-order valence-corrected chi connectivity index (χ0v) is 22.0. The van der Waals surface area contributed by atoms with Crippen LogP contribution in [0.5, 0.6) is 0 Å². The number of sulfonamides is 1. The van der Waals surface area contributed by atoms with Crippen LogP contribution in [0, 0.1) is 0 Å². The number of carbonyl (C=O) groups excluding carboxylic acids is 1. The predicted molar refractivity (Wildman–Crippen MR) is 139 cm³/mol. The van der Waals surface area contributed by atoms with E-state index in [1.807, 2.05) is 24.3 Å². The zero-order chi connectivity index (χ0) is 25.7. The molecule has 2 saturated heterocycles. The largest absolute Gasteiger partial charge is 0.368 e. The molecule has 11 nitrogen and oxygen atoms in total. The van der Waals surface area contributed by atoms with Crippen LogP contribution in [0.15, 0.2) is 24.3 Å². The number of anilines is 2. The van der Waals surface area contributed by atoms with Gasteiger partial charge in [0, 0.05) is 43.2 Å². The number of Topliss-reactive ketones (excluding diaryl/α,β-unsaturated/α-hetero) is 1. The number of piperidine rings is 1. The fourth-order valence-electron chi connectivity index (χ4n) is 4.93. The van der Waals surface area contributed by atoms with Gasteiger partial charge in [-0.05, 0) is 50.4 Å². The van der Waals surface area contributed by atoms with Gasteiger partial charge in [0.25, 0.3) is 0 Å². The Morgan fingerprint density at radius 1 is 1.28 bits per heavy atom. The Hall–Kier alpha value is -2.25. The van der Waals surface area contributed by atoms with Crippen LogP contribution in [0.3, 0.4) is 0 Å². The average molecular weight is 540 g/mol. The highest BCUT2D eigenvalue weighted by Crippen LogP contribution is 2.27. The Bertz CT molecular complexity index is 1120. The molecule has 4 N–H and O–H groups in total. The van der Waals surface area contributed by atoms with Crippen molar-refractivity contribution in [3.8, 4) is 0 Å². The average Bonchev–Trinajstić information content (AvgIpc) is 3.32. The lowest BCUT2D eigenvalue weighted by Gasteiger charge is -2.46. The van der Waals surface area contributed by atoms with E-state index in [1.165, 1.54) is 7.05 Å². The van der Waals surface area contributed by atoms with Crippen molar-refractivity contribution in [1.82, 2.24) is 24.8 Å². The monoisotopic (exact) mass is 539 g/mol. The van der Waals surface area contributed by atoms with Crippen molar-refractivity contribution in [3.63, 3.8) is 0 Å². The second-order valence-corrected chi connectivity index (χ2v) is 11.8. The molecule has 2 aromatic rings. The first-order valence-electron chi connectivity index (χ1n) is 12.2. The Labute approximate surface area is 216 Å². The van der Waals surface area contributed by atoms with Gasteiger partial charge in [-0.1, -0.05) is 23.7 Å². The van der Waals surface area contributed by atoms with Crippen LogP contribution in [0.4, 0.5) is 11.9 Å². The van der Waals surface area contributed by atoms with Crippen molar-refractivity contribution in [2.24, 2.45) is 0 Å². The van der Waals surface area contributed by atoms with Crippen LogP contribution in [0.25, 0.3) is 0 Å². The smallest absolute Gasteiger partial charge is 0.246 e. The molecule has 4 rings (SSSR count). The quantitative estimate of drug-likeness (QED) is 0.405. The highest BCUT2D eigenvalue weighted by molar-refractivity contribution is 7.89. The molecule has 0 saturated carbocycles. The number of morpholine rings is 1. The first-order valence-corrected chi connectivity index (χ1v) is 14.3. The standard InChI is InChI=1S/C23H34ClN7O4S/c1-26-36(33,34)12-2-3-20(32)21-14-31(19(15-35-21)13-16-4-6-17(24)7-5-16)18-8-10-30(11-9-18)23-27-22(25)28-29-23/h4-7,18-19,21,26H,2-3,8-15H2,1H3,(H3,25,27,28,29)/t19-,21+/m0/s1. The van der Waals surface area contributed by atoms with Crippen LogP contribution < -0.4 is 15.4 Å². The summed E-state index contributed by atoms with van der Waals surface area (Å²) in [5.74, 6) is 0.780. The fourth-order valence-corrected chi connectivity index (χ4v) is 5.78. The second-order valence-electron chi connectivity index (χ2n) is 9.33. The lowest BCUT2D eigenvalue weighted by Crippen LogP contribution is -2.58. The topological polar surface area (TPSA) is 147 Å². The summed E-state index contributed by atoms with van der Waals surface area (Å²) in [6.07, 6.45) is 2.46. The zero-order valence-electron chi connectivity index (χ0n) is 20.4. The molecule has 0 spiro atoms. The highest BCUT2D eigenvalue weighted by Gasteiger charge is 2.38. The molecule has 198 valence electrons. The molecule has 2 aliphatic rings. The van der Waals surface area contributed by atoms with E-state index >= 15 is 0 Å². The number of hydrogen-bond acceptors (Lipinski definition) is 9. The number of ether oxygens (including phenoxy) is 1. The van der Waals surface area contributed by atoms with Gasteiger partial charge in [0.2, 0.25) is 21.9 Å². The van der Waals surface area contributed by atoms with E-state index in [-0.39, 0.29) is 36.5 Å². The van der Waals surface area contributed by atoms with E-state index in [1.54, 1.807) is 0 Å². The molecule has 0 bridgehead atoms. The van der Waals surface area contributed by atoms with Gasteiger partial charge < -0.3 is 15.4 Å². The van der Waals surface area contributed by atoms with Crippen LogP contribution in [0.2, 0.25) is 5.02 Å². The molecule has 3 heterocycles. The summed E-state index contributed by atoms with van der Waals surface area (Å²) in [4.78, 5) is 21.7. The molecule has 1 aromatic carbocycles. The Morgan fingerprint density at radius 2 is 2.00 bits per heavy atom.